The normalized spacial score (nSPS) is 16.2. The van der Waals surface area contributed by atoms with Crippen molar-refractivity contribution in [2.24, 2.45) is 0 Å². The maximum Gasteiger partial charge on any atom is 0.325 e. The summed E-state index contributed by atoms with van der Waals surface area (Å²) in [4.78, 5) is 39.0. The summed E-state index contributed by atoms with van der Waals surface area (Å²) in [6.07, 6.45) is 1.15. The molecule has 1 saturated heterocycles. The zero-order valence-electron chi connectivity index (χ0n) is 20.4. The van der Waals surface area contributed by atoms with E-state index in [-0.39, 0.29) is 43.9 Å². The summed E-state index contributed by atoms with van der Waals surface area (Å²) in [5.41, 5.74) is 3.16. The molecule has 2 aliphatic heterocycles. The molecule has 0 radical (unpaired) electrons. The van der Waals surface area contributed by atoms with Crippen LogP contribution in [0.4, 0.5) is 4.79 Å². The first kappa shape index (κ1) is 24.4. The van der Waals surface area contributed by atoms with Gasteiger partial charge in [0.05, 0.1) is 6.54 Å². The van der Waals surface area contributed by atoms with Gasteiger partial charge >= 0.3 is 6.03 Å². The molecular formula is C29H29N3O5. The summed E-state index contributed by atoms with van der Waals surface area (Å²) < 4.78 is 10.7. The first-order chi connectivity index (χ1) is 18.1. The largest absolute Gasteiger partial charge is 0.454 e. The van der Waals surface area contributed by atoms with E-state index in [9.17, 15) is 14.4 Å². The average molecular weight is 500 g/mol. The fourth-order valence-corrected chi connectivity index (χ4v) is 4.76. The van der Waals surface area contributed by atoms with Gasteiger partial charge in [0.2, 0.25) is 12.7 Å². The van der Waals surface area contributed by atoms with Gasteiger partial charge in [0.1, 0.15) is 6.04 Å². The fraction of sp³-hybridized carbons (Fsp3) is 0.276. The van der Waals surface area contributed by atoms with Crippen LogP contribution in [0.2, 0.25) is 0 Å². The molecule has 8 nitrogen and oxygen atoms in total. The smallest absolute Gasteiger partial charge is 0.325 e. The van der Waals surface area contributed by atoms with Crippen LogP contribution < -0.4 is 20.1 Å². The topological polar surface area (TPSA) is 97.0 Å². The van der Waals surface area contributed by atoms with Crippen molar-refractivity contribution in [2.75, 3.05) is 13.3 Å². The predicted molar refractivity (Wildman–Crippen MR) is 137 cm³/mol. The molecule has 37 heavy (non-hydrogen) atoms. The number of urea groups is 1. The highest BCUT2D eigenvalue weighted by molar-refractivity contribution is 6.04. The maximum absolute atomic E-state index is 12.8. The molecule has 8 heteroatoms. The second-order valence-electron chi connectivity index (χ2n) is 9.17. The Morgan fingerprint density at radius 2 is 1.62 bits per heavy atom. The van der Waals surface area contributed by atoms with Crippen molar-refractivity contribution in [3.8, 4) is 11.5 Å². The van der Waals surface area contributed by atoms with E-state index in [4.69, 9.17) is 9.47 Å². The lowest BCUT2D eigenvalue weighted by molar-refractivity contribution is -0.128. The number of hydrogen-bond donors (Lipinski definition) is 2. The van der Waals surface area contributed by atoms with Crippen molar-refractivity contribution in [3.63, 3.8) is 0 Å². The number of imide groups is 1. The monoisotopic (exact) mass is 499 g/mol. The molecule has 0 aliphatic carbocycles. The van der Waals surface area contributed by atoms with Gasteiger partial charge in [0, 0.05) is 18.9 Å². The van der Waals surface area contributed by atoms with E-state index in [1.54, 1.807) is 18.2 Å². The quantitative estimate of drug-likeness (QED) is 0.412. The third kappa shape index (κ3) is 5.74. The lowest BCUT2D eigenvalue weighted by atomic mass is 9.88. The van der Waals surface area contributed by atoms with Crippen LogP contribution in [0.3, 0.4) is 0 Å². The van der Waals surface area contributed by atoms with Crippen molar-refractivity contribution in [3.05, 3.63) is 95.6 Å². The Morgan fingerprint density at radius 1 is 0.946 bits per heavy atom. The molecule has 5 rings (SSSR count). The minimum atomic E-state index is -0.714. The highest BCUT2D eigenvalue weighted by atomic mass is 16.7. The summed E-state index contributed by atoms with van der Waals surface area (Å²) in [5, 5.41) is 5.68. The highest BCUT2D eigenvalue weighted by Gasteiger charge is 2.38. The van der Waals surface area contributed by atoms with E-state index < -0.39 is 12.1 Å². The van der Waals surface area contributed by atoms with Crippen molar-refractivity contribution in [1.29, 1.82) is 0 Å². The van der Waals surface area contributed by atoms with Crippen molar-refractivity contribution in [1.82, 2.24) is 15.5 Å². The number of carbonyl (C=O) groups excluding carboxylic acids is 3. The minimum absolute atomic E-state index is 0.129. The second kappa shape index (κ2) is 11.2. The molecular weight excluding hydrogens is 470 g/mol. The van der Waals surface area contributed by atoms with Crippen LogP contribution in [-0.2, 0) is 16.1 Å². The molecule has 2 heterocycles. The van der Waals surface area contributed by atoms with E-state index in [0.29, 0.717) is 18.0 Å². The lowest BCUT2D eigenvalue weighted by Gasteiger charge is -2.18. The van der Waals surface area contributed by atoms with Gasteiger partial charge in [0.25, 0.3) is 5.91 Å². The molecule has 3 aromatic rings. The number of nitrogens with zero attached hydrogens (tertiary/aromatic N) is 1. The number of rotatable bonds is 10. The third-order valence-corrected chi connectivity index (χ3v) is 6.70. The number of carbonyl (C=O) groups is 3. The van der Waals surface area contributed by atoms with Crippen LogP contribution >= 0.6 is 0 Å². The number of hydrogen-bond acceptors (Lipinski definition) is 5. The van der Waals surface area contributed by atoms with Gasteiger partial charge in [-0.2, -0.15) is 0 Å². The van der Waals surface area contributed by atoms with Crippen molar-refractivity contribution in [2.45, 2.75) is 37.8 Å². The summed E-state index contributed by atoms with van der Waals surface area (Å²) in [6, 6.07) is 24.6. The summed E-state index contributed by atoms with van der Waals surface area (Å²) in [7, 11) is 0. The molecule has 1 atom stereocenters. The molecule has 1 unspecified atom stereocenters. The Bertz CT molecular complexity index is 1230. The van der Waals surface area contributed by atoms with Gasteiger partial charge in [-0.15, -0.1) is 0 Å². The van der Waals surface area contributed by atoms with Crippen LogP contribution in [0.5, 0.6) is 11.5 Å². The Balaban J connectivity index is 1.11. The van der Waals surface area contributed by atoms with Crippen molar-refractivity contribution >= 4 is 17.8 Å². The van der Waals surface area contributed by atoms with Crippen LogP contribution in [-0.4, -0.2) is 42.1 Å². The van der Waals surface area contributed by atoms with E-state index in [2.05, 4.69) is 34.9 Å². The van der Waals surface area contributed by atoms with Crippen LogP contribution in [0.1, 0.15) is 41.9 Å². The maximum atomic E-state index is 12.8. The van der Waals surface area contributed by atoms with Gasteiger partial charge in [-0.3, -0.25) is 14.5 Å². The Labute approximate surface area is 215 Å². The zero-order valence-corrected chi connectivity index (χ0v) is 20.4. The second-order valence-corrected chi connectivity index (χ2v) is 9.17. The standard InChI is InChI=1S/C29H29N3O5/c33-27(30-16-15-23(21-7-3-1-4-8-21)22-9-5-2-6-10-22)14-12-24-28(34)32(29(35)31-24)18-20-11-13-25-26(17-20)37-19-36-25/h1-11,13,17,23-24H,12,14-16,18-19H2,(H,30,33)(H,31,35). The fourth-order valence-electron chi connectivity index (χ4n) is 4.76. The van der Waals surface area contributed by atoms with Gasteiger partial charge < -0.3 is 20.1 Å². The number of amides is 4. The Morgan fingerprint density at radius 3 is 2.32 bits per heavy atom. The third-order valence-electron chi connectivity index (χ3n) is 6.70. The van der Waals surface area contributed by atoms with E-state index >= 15 is 0 Å². The summed E-state index contributed by atoms with van der Waals surface area (Å²) >= 11 is 0. The van der Waals surface area contributed by atoms with Crippen LogP contribution in [0, 0.1) is 0 Å². The molecule has 0 saturated carbocycles. The first-order valence-electron chi connectivity index (χ1n) is 12.5. The Hall–Kier alpha value is -4.33. The number of fused-ring (bicyclic) bond motifs is 1. The SMILES string of the molecule is O=C(CCC1NC(=O)N(Cc2ccc3c(c2)OCO3)C1=O)NCCC(c1ccccc1)c1ccccc1. The van der Waals surface area contributed by atoms with Gasteiger partial charge in [0.15, 0.2) is 11.5 Å². The minimum Gasteiger partial charge on any atom is -0.454 e. The van der Waals surface area contributed by atoms with Gasteiger partial charge in [-0.05, 0) is 41.7 Å². The lowest BCUT2D eigenvalue weighted by Crippen LogP contribution is -2.33. The van der Waals surface area contributed by atoms with Gasteiger partial charge in [-0.25, -0.2) is 4.79 Å². The predicted octanol–water partition coefficient (Wildman–Crippen LogP) is 3.95. The average Bonchev–Trinajstić information content (AvgIpc) is 3.50. The van der Waals surface area contributed by atoms with Crippen LogP contribution in [0.25, 0.3) is 0 Å². The number of ether oxygens (including phenoxy) is 2. The van der Waals surface area contributed by atoms with E-state index in [0.717, 1.165) is 12.0 Å². The van der Waals surface area contributed by atoms with Crippen LogP contribution in [0.15, 0.2) is 78.9 Å². The van der Waals surface area contributed by atoms with Gasteiger partial charge in [-0.1, -0.05) is 66.7 Å². The van der Waals surface area contributed by atoms with E-state index in [1.807, 2.05) is 36.4 Å². The molecule has 0 spiro atoms. The summed E-state index contributed by atoms with van der Waals surface area (Å²) in [6.45, 7) is 0.796. The molecule has 190 valence electrons. The number of benzene rings is 3. The molecule has 4 amide bonds. The molecule has 0 bridgehead atoms. The molecule has 1 fully saturated rings. The zero-order chi connectivity index (χ0) is 25.6. The first-order valence-corrected chi connectivity index (χ1v) is 12.5. The molecule has 2 N–H and O–H groups in total. The summed E-state index contributed by atoms with van der Waals surface area (Å²) in [5.74, 6) is 0.936. The highest BCUT2D eigenvalue weighted by Crippen LogP contribution is 2.33. The Kier molecular flexibility index (Phi) is 7.35. The molecule has 3 aromatic carbocycles. The molecule has 2 aliphatic rings. The molecule has 0 aromatic heterocycles. The van der Waals surface area contributed by atoms with Crippen molar-refractivity contribution < 1.29 is 23.9 Å². The van der Waals surface area contributed by atoms with E-state index in [1.165, 1.54) is 16.0 Å². The number of nitrogens with one attached hydrogen (secondary N) is 2.